The van der Waals surface area contributed by atoms with Crippen LogP contribution in [0.25, 0.3) is 0 Å². The smallest absolute Gasteiger partial charge is 0.113 e. The second kappa shape index (κ2) is 6.03. The predicted molar refractivity (Wildman–Crippen MR) is 59.8 cm³/mol. The van der Waals surface area contributed by atoms with E-state index in [1.165, 1.54) is 5.56 Å². The first kappa shape index (κ1) is 10.6. The molecule has 14 heavy (non-hydrogen) atoms. The van der Waals surface area contributed by atoms with Gasteiger partial charge in [-0.3, -0.25) is 0 Å². The molecule has 1 rings (SSSR count). The van der Waals surface area contributed by atoms with E-state index in [1.54, 1.807) is 0 Å². The average molecular weight is 188 g/mol. The summed E-state index contributed by atoms with van der Waals surface area (Å²) in [7, 11) is 0. The molecule has 0 spiro atoms. The van der Waals surface area contributed by atoms with Gasteiger partial charge in [0.2, 0.25) is 0 Å². The molecule has 0 fully saturated rings. The summed E-state index contributed by atoms with van der Waals surface area (Å²) >= 11 is 0. The molecule has 0 aliphatic heterocycles. The molecule has 0 aliphatic rings. The first-order valence-electron chi connectivity index (χ1n) is 4.79. The van der Waals surface area contributed by atoms with Crippen LogP contribution in [0.3, 0.4) is 0 Å². The van der Waals surface area contributed by atoms with Crippen molar-refractivity contribution in [1.29, 1.82) is 0 Å². The van der Waals surface area contributed by atoms with Gasteiger partial charge in [0.1, 0.15) is 6.61 Å². The lowest BCUT2D eigenvalue weighted by Crippen LogP contribution is -1.92. The highest BCUT2D eigenvalue weighted by molar-refractivity contribution is 5.14. The van der Waals surface area contributed by atoms with Gasteiger partial charge in [-0.05, 0) is 18.6 Å². The van der Waals surface area contributed by atoms with Crippen LogP contribution in [0, 0.1) is 0 Å². The molecular weight excluding hydrogens is 172 g/mol. The maximum atomic E-state index is 5.61. The molecular formula is C13H16O. The summed E-state index contributed by atoms with van der Waals surface area (Å²) in [5.74, 6) is 0.976. The zero-order valence-corrected chi connectivity index (χ0v) is 8.57. The maximum absolute atomic E-state index is 5.61. The third-order valence-electron chi connectivity index (χ3n) is 1.93. The number of ether oxygens (including phenoxy) is 1. The number of hydrogen-bond donors (Lipinski definition) is 0. The van der Waals surface area contributed by atoms with Crippen molar-refractivity contribution < 1.29 is 4.74 Å². The van der Waals surface area contributed by atoms with Gasteiger partial charge in [0, 0.05) is 6.42 Å². The molecule has 0 atom stereocenters. The van der Waals surface area contributed by atoms with Crippen molar-refractivity contribution in [1.82, 2.24) is 0 Å². The molecule has 1 heteroatoms. The lowest BCUT2D eigenvalue weighted by atomic mass is 10.2. The normalized spacial score (nSPS) is 11.1. The molecule has 0 bridgehead atoms. The van der Waals surface area contributed by atoms with Crippen molar-refractivity contribution in [2.75, 3.05) is 0 Å². The lowest BCUT2D eigenvalue weighted by Gasteiger charge is -2.07. The fourth-order valence-corrected chi connectivity index (χ4v) is 1.15. The summed E-state index contributed by atoms with van der Waals surface area (Å²) in [6.45, 7) is 6.29. The Morgan fingerprint density at radius 1 is 1.36 bits per heavy atom. The van der Waals surface area contributed by atoms with E-state index in [0.717, 1.165) is 12.2 Å². The molecule has 0 aromatic heterocycles. The molecule has 0 heterocycles. The first-order valence-corrected chi connectivity index (χ1v) is 4.79. The van der Waals surface area contributed by atoms with Crippen LogP contribution in [0.2, 0.25) is 0 Å². The van der Waals surface area contributed by atoms with Crippen molar-refractivity contribution in [3.8, 4) is 0 Å². The van der Waals surface area contributed by atoms with Gasteiger partial charge in [-0.15, -0.1) is 6.58 Å². The Hall–Kier alpha value is -1.50. The molecule has 1 aromatic carbocycles. The van der Waals surface area contributed by atoms with Crippen LogP contribution in [0.4, 0.5) is 0 Å². The number of benzene rings is 1. The SMILES string of the molecule is C=CC/C(=C\C)OCc1ccccc1. The van der Waals surface area contributed by atoms with Crippen molar-refractivity contribution in [2.24, 2.45) is 0 Å². The van der Waals surface area contributed by atoms with Crippen LogP contribution in [0.15, 0.2) is 54.8 Å². The standard InChI is InChI=1S/C13H16O/c1-3-8-13(4-2)14-11-12-9-6-5-7-10-12/h3-7,9-10H,1,8,11H2,2H3/b13-4+. The van der Waals surface area contributed by atoms with Crippen molar-refractivity contribution in [3.63, 3.8) is 0 Å². The van der Waals surface area contributed by atoms with Gasteiger partial charge in [0.05, 0.1) is 5.76 Å². The van der Waals surface area contributed by atoms with Gasteiger partial charge in [-0.2, -0.15) is 0 Å². The average Bonchev–Trinajstić information content (AvgIpc) is 2.25. The van der Waals surface area contributed by atoms with Crippen LogP contribution >= 0.6 is 0 Å². The van der Waals surface area contributed by atoms with Gasteiger partial charge in [0.15, 0.2) is 0 Å². The number of allylic oxidation sites excluding steroid dienone is 2. The Balaban J connectivity index is 2.44. The minimum absolute atomic E-state index is 0.633. The van der Waals surface area contributed by atoms with Gasteiger partial charge in [-0.25, -0.2) is 0 Å². The van der Waals surface area contributed by atoms with Crippen molar-refractivity contribution in [2.45, 2.75) is 20.0 Å². The Kier molecular flexibility index (Phi) is 4.56. The van der Waals surface area contributed by atoms with E-state index < -0.39 is 0 Å². The zero-order chi connectivity index (χ0) is 10.2. The molecule has 0 amide bonds. The van der Waals surface area contributed by atoms with Crippen LogP contribution in [-0.4, -0.2) is 0 Å². The van der Waals surface area contributed by atoms with Crippen LogP contribution < -0.4 is 0 Å². The molecule has 0 saturated carbocycles. The highest BCUT2D eigenvalue weighted by Crippen LogP contribution is 2.08. The first-order chi connectivity index (χ1) is 6.86. The second-order valence-corrected chi connectivity index (χ2v) is 3.02. The summed E-state index contributed by atoms with van der Waals surface area (Å²) in [4.78, 5) is 0. The largest absolute Gasteiger partial charge is 0.493 e. The zero-order valence-electron chi connectivity index (χ0n) is 8.57. The van der Waals surface area contributed by atoms with E-state index in [-0.39, 0.29) is 0 Å². The molecule has 0 unspecified atom stereocenters. The summed E-state index contributed by atoms with van der Waals surface area (Å²) in [6, 6.07) is 10.1. The topological polar surface area (TPSA) is 9.23 Å². The lowest BCUT2D eigenvalue weighted by molar-refractivity contribution is 0.194. The summed E-state index contributed by atoms with van der Waals surface area (Å²) in [5, 5.41) is 0. The fraction of sp³-hybridized carbons (Fsp3) is 0.231. The molecule has 74 valence electrons. The van der Waals surface area contributed by atoms with Crippen molar-refractivity contribution in [3.05, 3.63) is 60.4 Å². The molecule has 0 aliphatic carbocycles. The summed E-state index contributed by atoms with van der Waals surface area (Å²) < 4.78 is 5.61. The Morgan fingerprint density at radius 2 is 2.07 bits per heavy atom. The Bertz CT molecular complexity index is 298. The van der Waals surface area contributed by atoms with E-state index >= 15 is 0 Å². The third kappa shape index (κ3) is 3.48. The van der Waals surface area contributed by atoms with Gasteiger partial charge in [0.25, 0.3) is 0 Å². The highest BCUT2D eigenvalue weighted by Gasteiger charge is 1.95. The number of rotatable bonds is 5. The van der Waals surface area contributed by atoms with E-state index in [0.29, 0.717) is 6.61 Å². The number of hydrogen-bond acceptors (Lipinski definition) is 1. The molecule has 1 nitrogen and oxygen atoms in total. The van der Waals surface area contributed by atoms with Crippen LogP contribution in [-0.2, 0) is 11.3 Å². The van der Waals surface area contributed by atoms with E-state index in [4.69, 9.17) is 4.74 Å². The second-order valence-electron chi connectivity index (χ2n) is 3.02. The fourth-order valence-electron chi connectivity index (χ4n) is 1.15. The minimum Gasteiger partial charge on any atom is -0.493 e. The monoisotopic (exact) mass is 188 g/mol. The minimum atomic E-state index is 0.633. The molecule has 0 saturated heterocycles. The maximum Gasteiger partial charge on any atom is 0.113 e. The highest BCUT2D eigenvalue weighted by atomic mass is 16.5. The van der Waals surface area contributed by atoms with Gasteiger partial charge < -0.3 is 4.74 Å². The van der Waals surface area contributed by atoms with Gasteiger partial charge >= 0.3 is 0 Å². The van der Waals surface area contributed by atoms with Crippen LogP contribution in [0.1, 0.15) is 18.9 Å². The molecule has 1 aromatic rings. The summed E-state index contributed by atoms with van der Waals surface area (Å²) in [5.41, 5.74) is 1.19. The van der Waals surface area contributed by atoms with E-state index in [2.05, 4.69) is 18.7 Å². The third-order valence-corrected chi connectivity index (χ3v) is 1.93. The van der Waals surface area contributed by atoms with Crippen molar-refractivity contribution >= 4 is 0 Å². The van der Waals surface area contributed by atoms with E-state index in [9.17, 15) is 0 Å². The molecule has 0 radical (unpaired) electrons. The predicted octanol–water partition coefficient (Wildman–Crippen LogP) is 3.68. The van der Waals surface area contributed by atoms with Gasteiger partial charge in [-0.1, -0.05) is 36.4 Å². The molecule has 0 N–H and O–H groups in total. The Morgan fingerprint density at radius 3 is 2.64 bits per heavy atom. The summed E-state index contributed by atoms with van der Waals surface area (Å²) in [6.07, 6.45) is 4.62. The van der Waals surface area contributed by atoms with E-state index in [1.807, 2.05) is 37.3 Å². The quantitative estimate of drug-likeness (QED) is 0.506. The van der Waals surface area contributed by atoms with Crippen LogP contribution in [0.5, 0.6) is 0 Å². The Labute approximate surface area is 85.7 Å².